The number of nitrogens with zero attached hydrogens (tertiary/aromatic N) is 1. The van der Waals surface area contributed by atoms with Crippen LogP contribution in [0.15, 0.2) is 47.4 Å². The van der Waals surface area contributed by atoms with Crippen LogP contribution in [0, 0.1) is 13.8 Å². The van der Waals surface area contributed by atoms with Gasteiger partial charge in [0.15, 0.2) is 0 Å². The van der Waals surface area contributed by atoms with E-state index in [1.807, 2.05) is 40.1 Å². The van der Waals surface area contributed by atoms with E-state index < -0.39 is 10.0 Å². The average Bonchev–Trinajstić information content (AvgIpc) is 3.18. The number of hydrogen-bond donors (Lipinski definition) is 2. The fraction of sp³-hybridized carbons (Fsp3) is 0.455. The van der Waals surface area contributed by atoms with Gasteiger partial charge in [-0.1, -0.05) is 24.3 Å². The van der Waals surface area contributed by atoms with Gasteiger partial charge in [-0.3, -0.25) is 0 Å². The Kier molecular flexibility index (Phi) is 6.43. The second kappa shape index (κ2) is 8.64. The van der Waals surface area contributed by atoms with Crippen LogP contribution in [0.2, 0.25) is 0 Å². The minimum atomic E-state index is -3.54. The van der Waals surface area contributed by atoms with Crippen molar-refractivity contribution in [1.29, 1.82) is 0 Å². The normalized spacial score (nSPS) is 16.3. The average molecular weight is 403 g/mol. The van der Waals surface area contributed by atoms with Gasteiger partial charge in [0.25, 0.3) is 0 Å². The highest BCUT2D eigenvalue weighted by atomic mass is 32.2. The first-order valence-corrected chi connectivity index (χ1v) is 11.4. The van der Waals surface area contributed by atoms with Gasteiger partial charge >= 0.3 is 0 Å². The lowest BCUT2D eigenvalue weighted by atomic mass is 10.1. The summed E-state index contributed by atoms with van der Waals surface area (Å²) >= 11 is 0. The second-order valence-corrected chi connectivity index (χ2v) is 9.76. The molecule has 0 bridgehead atoms. The van der Waals surface area contributed by atoms with Gasteiger partial charge in [0.05, 0.1) is 24.5 Å². The summed E-state index contributed by atoms with van der Waals surface area (Å²) in [5.41, 5.74) is 4.06. The van der Waals surface area contributed by atoms with Gasteiger partial charge in [0, 0.05) is 38.2 Å². The van der Waals surface area contributed by atoms with Crippen molar-refractivity contribution in [2.75, 3.05) is 38.6 Å². The topological polar surface area (TPSA) is 53.9 Å². The maximum absolute atomic E-state index is 13.0. The van der Waals surface area contributed by atoms with Crippen molar-refractivity contribution in [1.82, 2.24) is 4.72 Å². The highest BCUT2D eigenvalue weighted by Crippen LogP contribution is 2.19. The standard InChI is InChI=1S/C22H31N3O2S/c1-17-7-8-18(2)22(15-17)28(26,27)23-16-21(25-13-5-6-14-25)19-9-11-20(12-10-19)24(3)4/h7-12,15,21,23H,5-6,13-14,16H2,1-4H3/p+1/t21-/m1/s1. The van der Waals surface area contributed by atoms with E-state index in [2.05, 4.69) is 33.9 Å². The van der Waals surface area contributed by atoms with Crippen molar-refractivity contribution < 1.29 is 13.3 Å². The summed E-state index contributed by atoms with van der Waals surface area (Å²) in [4.78, 5) is 3.91. The summed E-state index contributed by atoms with van der Waals surface area (Å²) in [5, 5.41) is 0. The Morgan fingerprint density at radius 1 is 1.04 bits per heavy atom. The molecule has 0 amide bonds. The molecule has 0 saturated carbocycles. The molecular weight excluding hydrogens is 370 g/mol. The van der Waals surface area contributed by atoms with Crippen LogP contribution in [0.3, 0.4) is 0 Å². The summed E-state index contributed by atoms with van der Waals surface area (Å²) in [5.74, 6) is 0. The van der Waals surface area contributed by atoms with Gasteiger partial charge < -0.3 is 9.80 Å². The van der Waals surface area contributed by atoms with Gasteiger partial charge in [0.1, 0.15) is 6.04 Å². The Hall–Kier alpha value is -1.89. The zero-order valence-electron chi connectivity index (χ0n) is 17.3. The Labute approximate surface area is 169 Å². The minimum absolute atomic E-state index is 0.124. The van der Waals surface area contributed by atoms with Gasteiger partial charge in [-0.15, -0.1) is 0 Å². The number of aryl methyl sites for hydroxylation is 2. The maximum atomic E-state index is 13.0. The Bertz CT molecular complexity index is 902. The Balaban J connectivity index is 1.82. The first kappa shape index (κ1) is 20.8. The minimum Gasteiger partial charge on any atom is -0.378 e. The van der Waals surface area contributed by atoms with Gasteiger partial charge in [-0.2, -0.15) is 0 Å². The summed E-state index contributed by atoms with van der Waals surface area (Å²) in [6, 6.07) is 14.2. The summed E-state index contributed by atoms with van der Waals surface area (Å²) < 4.78 is 28.8. The molecule has 1 saturated heterocycles. The predicted octanol–water partition coefficient (Wildman–Crippen LogP) is 2.07. The van der Waals surface area contributed by atoms with Crippen LogP contribution in [0.5, 0.6) is 0 Å². The van der Waals surface area contributed by atoms with Gasteiger partial charge in [0.2, 0.25) is 10.0 Å². The number of quaternary nitrogens is 1. The van der Waals surface area contributed by atoms with Crippen molar-refractivity contribution in [2.45, 2.75) is 37.6 Å². The van der Waals surface area contributed by atoms with E-state index in [-0.39, 0.29) is 6.04 Å². The maximum Gasteiger partial charge on any atom is 0.241 e. The molecule has 0 aliphatic carbocycles. The third kappa shape index (κ3) is 4.74. The molecule has 1 fully saturated rings. The number of hydrogen-bond acceptors (Lipinski definition) is 3. The first-order valence-electron chi connectivity index (χ1n) is 9.97. The van der Waals surface area contributed by atoms with E-state index >= 15 is 0 Å². The summed E-state index contributed by atoms with van der Waals surface area (Å²) in [6.45, 7) is 6.35. The largest absolute Gasteiger partial charge is 0.378 e. The molecule has 5 nitrogen and oxygen atoms in total. The highest BCUT2D eigenvalue weighted by molar-refractivity contribution is 7.89. The van der Waals surface area contributed by atoms with E-state index in [0.717, 1.165) is 29.9 Å². The lowest BCUT2D eigenvalue weighted by Crippen LogP contribution is -3.11. The zero-order valence-corrected chi connectivity index (χ0v) is 18.1. The smallest absolute Gasteiger partial charge is 0.241 e. The number of anilines is 1. The Morgan fingerprint density at radius 3 is 2.29 bits per heavy atom. The fourth-order valence-corrected chi connectivity index (χ4v) is 5.32. The van der Waals surface area contributed by atoms with Crippen molar-refractivity contribution in [3.05, 3.63) is 59.2 Å². The quantitative estimate of drug-likeness (QED) is 0.746. The van der Waals surface area contributed by atoms with Crippen LogP contribution in [0.25, 0.3) is 0 Å². The van der Waals surface area contributed by atoms with E-state index in [1.165, 1.54) is 23.3 Å². The van der Waals surface area contributed by atoms with Gasteiger partial charge in [-0.25, -0.2) is 13.1 Å². The highest BCUT2D eigenvalue weighted by Gasteiger charge is 2.29. The van der Waals surface area contributed by atoms with Crippen molar-refractivity contribution in [2.24, 2.45) is 0 Å². The van der Waals surface area contributed by atoms with Crippen molar-refractivity contribution >= 4 is 15.7 Å². The van der Waals surface area contributed by atoms with Crippen molar-refractivity contribution in [3.63, 3.8) is 0 Å². The fourth-order valence-electron chi connectivity index (χ4n) is 3.95. The number of likely N-dealkylation sites (tertiary alicyclic amines) is 1. The molecule has 1 atom stereocenters. The van der Waals surface area contributed by atoms with Crippen LogP contribution >= 0.6 is 0 Å². The molecule has 2 aromatic carbocycles. The molecule has 28 heavy (non-hydrogen) atoms. The Morgan fingerprint density at radius 2 is 1.68 bits per heavy atom. The monoisotopic (exact) mass is 402 g/mol. The molecule has 1 aliphatic rings. The zero-order chi connectivity index (χ0) is 20.3. The first-order chi connectivity index (χ1) is 13.3. The van der Waals surface area contributed by atoms with E-state index in [4.69, 9.17) is 0 Å². The van der Waals surface area contributed by atoms with E-state index in [0.29, 0.717) is 11.4 Å². The van der Waals surface area contributed by atoms with Crippen LogP contribution < -0.4 is 14.5 Å². The molecule has 6 heteroatoms. The van der Waals surface area contributed by atoms with Crippen LogP contribution in [0.1, 0.15) is 35.6 Å². The number of nitrogens with one attached hydrogen (secondary N) is 2. The SMILES string of the molecule is Cc1ccc(C)c(S(=O)(=O)NC[C@H](c2ccc(N(C)C)cc2)[NH+]2CCCC2)c1. The number of benzene rings is 2. The molecule has 3 rings (SSSR count). The van der Waals surface area contributed by atoms with E-state index in [9.17, 15) is 8.42 Å². The molecule has 2 N–H and O–H groups in total. The molecule has 1 aliphatic heterocycles. The molecule has 0 unspecified atom stereocenters. The van der Waals surface area contributed by atoms with Crippen LogP contribution in [0.4, 0.5) is 5.69 Å². The number of sulfonamides is 1. The molecule has 0 spiro atoms. The van der Waals surface area contributed by atoms with Crippen molar-refractivity contribution in [3.8, 4) is 0 Å². The lowest BCUT2D eigenvalue weighted by molar-refractivity contribution is -0.918. The van der Waals surface area contributed by atoms with Crippen LogP contribution in [-0.4, -0.2) is 42.1 Å². The molecular formula is C22H32N3O2S+. The summed E-state index contributed by atoms with van der Waals surface area (Å²) in [6.07, 6.45) is 2.40. The molecule has 152 valence electrons. The third-order valence-corrected chi connectivity index (χ3v) is 7.23. The third-order valence-electron chi connectivity index (χ3n) is 5.66. The van der Waals surface area contributed by atoms with E-state index in [1.54, 1.807) is 6.07 Å². The second-order valence-electron chi connectivity index (χ2n) is 8.02. The predicted molar refractivity (Wildman–Crippen MR) is 115 cm³/mol. The molecule has 0 aromatic heterocycles. The van der Waals surface area contributed by atoms with Gasteiger partial charge in [-0.05, 0) is 43.2 Å². The van der Waals surface area contributed by atoms with Crippen LogP contribution in [-0.2, 0) is 10.0 Å². The number of rotatable bonds is 7. The molecule has 1 heterocycles. The molecule has 0 radical (unpaired) electrons. The lowest BCUT2D eigenvalue weighted by Gasteiger charge is -2.26. The summed E-state index contributed by atoms with van der Waals surface area (Å²) in [7, 11) is 0.509. The molecule has 2 aromatic rings.